The quantitative estimate of drug-likeness (QED) is 0.922. The van der Waals surface area contributed by atoms with Crippen molar-refractivity contribution in [3.05, 3.63) is 16.8 Å². The van der Waals surface area contributed by atoms with Crippen LogP contribution in [0, 0.1) is 6.92 Å². The minimum absolute atomic E-state index is 0.0953. The van der Waals surface area contributed by atoms with E-state index in [4.69, 9.17) is 0 Å². The molecular weight excluding hydrogens is 284 g/mol. The molecule has 5 nitrogen and oxygen atoms in total. The van der Waals surface area contributed by atoms with Gasteiger partial charge in [0.05, 0.1) is 10.3 Å². The molecule has 0 unspecified atom stereocenters. The summed E-state index contributed by atoms with van der Waals surface area (Å²) in [4.78, 5) is 24.8. The summed E-state index contributed by atoms with van der Waals surface area (Å²) in [6.45, 7) is 7.45. The Morgan fingerprint density at radius 3 is 2.71 bits per heavy atom. The molecule has 1 amide bonds. The average molecular weight is 304 g/mol. The van der Waals surface area contributed by atoms with Crippen LogP contribution < -0.4 is 5.32 Å². The maximum Gasteiger partial charge on any atom is 0.264 e. The molecule has 1 fully saturated rings. The van der Waals surface area contributed by atoms with E-state index < -0.39 is 0 Å². The Hall–Kier alpha value is -1.69. The lowest BCUT2D eigenvalue weighted by Gasteiger charge is -2.17. The lowest BCUT2D eigenvalue weighted by Crippen LogP contribution is -2.30. The van der Waals surface area contributed by atoms with Gasteiger partial charge in [-0.15, -0.1) is 11.3 Å². The van der Waals surface area contributed by atoms with Crippen molar-refractivity contribution in [2.24, 2.45) is 0 Å². The topological polar surface area (TPSA) is 58.1 Å². The van der Waals surface area contributed by atoms with Crippen LogP contribution in [0.15, 0.2) is 6.33 Å². The van der Waals surface area contributed by atoms with Gasteiger partial charge in [-0.05, 0) is 39.2 Å². The van der Waals surface area contributed by atoms with Crippen molar-refractivity contribution in [2.45, 2.75) is 39.7 Å². The molecule has 0 spiro atoms. The Morgan fingerprint density at radius 1 is 1.38 bits per heavy atom. The number of fused-ring (bicyclic) bond motifs is 1. The SMILES string of the molecule is CCN(CC)C(=O)c1sc2ncnc(NC3CC3)c2c1C. The molecule has 112 valence electrons. The van der Waals surface area contributed by atoms with E-state index in [2.05, 4.69) is 15.3 Å². The zero-order chi connectivity index (χ0) is 15.0. The van der Waals surface area contributed by atoms with Gasteiger partial charge in [0.1, 0.15) is 17.0 Å². The molecule has 3 rings (SSSR count). The Balaban J connectivity index is 2.04. The third kappa shape index (κ3) is 2.60. The van der Waals surface area contributed by atoms with Gasteiger partial charge in [0, 0.05) is 19.1 Å². The number of aryl methyl sites for hydroxylation is 1. The molecule has 1 saturated carbocycles. The molecule has 2 aromatic rings. The van der Waals surface area contributed by atoms with E-state index in [0.717, 1.165) is 39.6 Å². The van der Waals surface area contributed by atoms with Crippen molar-refractivity contribution in [2.75, 3.05) is 18.4 Å². The second kappa shape index (κ2) is 5.60. The van der Waals surface area contributed by atoms with Crippen molar-refractivity contribution in [1.82, 2.24) is 14.9 Å². The molecule has 2 heterocycles. The summed E-state index contributed by atoms with van der Waals surface area (Å²) in [5.41, 5.74) is 0.996. The van der Waals surface area contributed by atoms with Crippen LogP contribution in [0.3, 0.4) is 0 Å². The minimum atomic E-state index is 0.0953. The number of rotatable bonds is 5. The number of hydrogen-bond donors (Lipinski definition) is 1. The van der Waals surface area contributed by atoms with Gasteiger partial charge in [-0.25, -0.2) is 9.97 Å². The Labute approximate surface area is 128 Å². The fourth-order valence-corrected chi connectivity index (χ4v) is 3.58. The number of amides is 1. The van der Waals surface area contributed by atoms with Crippen LogP contribution >= 0.6 is 11.3 Å². The minimum Gasteiger partial charge on any atom is -0.367 e. The fraction of sp³-hybridized carbons (Fsp3) is 0.533. The molecule has 0 atom stereocenters. The summed E-state index contributed by atoms with van der Waals surface area (Å²) in [6, 6.07) is 0.532. The highest BCUT2D eigenvalue weighted by Gasteiger charge is 2.25. The summed E-state index contributed by atoms with van der Waals surface area (Å²) >= 11 is 1.47. The highest BCUT2D eigenvalue weighted by Crippen LogP contribution is 2.35. The molecular formula is C15H20N4OS. The molecule has 0 bridgehead atoms. The van der Waals surface area contributed by atoms with Gasteiger partial charge in [0.2, 0.25) is 0 Å². The zero-order valence-electron chi connectivity index (χ0n) is 12.6. The van der Waals surface area contributed by atoms with Crippen molar-refractivity contribution < 1.29 is 4.79 Å². The van der Waals surface area contributed by atoms with E-state index in [0.29, 0.717) is 6.04 Å². The molecule has 1 aliphatic carbocycles. The number of aromatic nitrogens is 2. The van der Waals surface area contributed by atoms with Crippen LogP contribution in [0.4, 0.5) is 5.82 Å². The number of hydrogen-bond acceptors (Lipinski definition) is 5. The Bertz CT molecular complexity index is 674. The lowest BCUT2D eigenvalue weighted by atomic mass is 10.2. The summed E-state index contributed by atoms with van der Waals surface area (Å²) < 4.78 is 0. The van der Waals surface area contributed by atoms with Gasteiger partial charge < -0.3 is 10.2 Å². The second-order valence-corrected chi connectivity index (χ2v) is 6.35. The van der Waals surface area contributed by atoms with E-state index in [1.807, 2.05) is 25.7 Å². The molecule has 2 aromatic heterocycles. The van der Waals surface area contributed by atoms with E-state index in [-0.39, 0.29) is 5.91 Å². The van der Waals surface area contributed by atoms with Gasteiger partial charge in [-0.2, -0.15) is 0 Å². The normalized spacial score (nSPS) is 14.4. The predicted molar refractivity (Wildman–Crippen MR) is 86.0 cm³/mol. The van der Waals surface area contributed by atoms with Crippen molar-refractivity contribution in [1.29, 1.82) is 0 Å². The summed E-state index contributed by atoms with van der Waals surface area (Å²) in [5.74, 6) is 0.965. The monoisotopic (exact) mass is 304 g/mol. The van der Waals surface area contributed by atoms with E-state index in [1.165, 1.54) is 24.2 Å². The maximum atomic E-state index is 12.6. The van der Waals surface area contributed by atoms with Crippen LogP contribution in [0.25, 0.3) is 10.2 Å². The van der Waals surface area contributed by atoms with Gasteiger partial charge in [0.25, 0.3) is 5.91 Å². The third-order valence-electron chi connectivity index (χ3n) is 3.89. The number of nitrogens with zero attached hydrogens (tertiary/aromatic N) is 3. The molecule has 6 heteroatoms. The molecule has 0 aliphatic heterocycles. The predicted octanol–water partition coefficient (Wildman–Crippen LogP) is 3.06. The van der Waals surface area contributed by atoms with Gasteiger partial charge in [0.15, 0.2) is 0 Å². The fourth-order valence-electron chi connectivity index (χ4n) is 2.46. The Kier molecular flexibility index (Phi) is 3.80. The van der Waals surface area contributed by atoms with Gasteiger partial charge in [-0.3, -0.25) is 4.79 Å². The molecule has 1 aliphatic rings. The number of nitrogens with one attached hydrogen (secondary N) is 1. The third-order valence-corrected chi connectivity index (χ3v) is 5.08. The van der Waals surface area contributed by atoms with Crippen molar-refractivity contribution in [3.63, 3.8) is 0 Å². The summed E-state index contributed by atoms with van der Waals surface area (Å²) in [6.07, 6.45) is 3.97. The average Bonchev–Trinajstić information content (AvgIpc) is 3.23. The first kappa shape index (κ1) is 14.3. The van der Waals surface area contributed by atoms with Crippen LogP contribution in [-0.2, 0) is 0 Å². The highest BCUT2D eigenvalue weighted by molar-refractivity contribution is 7.20. The standard InChI is InChI=1S/C15H20N4OS/c1-4-19(5-2)15(20)12-9(3)11-13(18-10-6-7-10)16-8-17-14(11)21-12/h8,10H,4-7H2,1-3H3,(H,16,17,18). The zero-order valence-corrected chi connectivity index (χ0v) is 13.5. The first-order valence-corrected chi connectivity index (χ1v) is 8.27. The highest BCUT2D eigenvalue weighted by atomic mass is 32.1. The first-order chi connectivity index (χ1) is 10.2. The molecule has 0 radical (unpaired) electrons. The van der Waals surface area contributed by atoms with Crippen LogP contribution in [-0.4, -0.2) is 39.9 Å². The van der Waals surface area contributed by atoms with Crippen LogP contribution in [0.2, 0.25) is 0 Å². The van der Waals surface area contributed by atoms with Gasteiger partial charge in [-0.1, -0.05) is 0 Å². The molecule has 1 N–H and O–H groups in total. The summed E-state index contributed by atoms with van der Waals surface area (Å²) in [5, 5.41) is 4.44. The van der Waals surface area contributed by atoms with Gasteiger partial charge >= 0.3 is 0 Å². The summed E-state index contributed by atoms with van der Waals surface area (Å²) in [7, 11) is 0. The number of carbonyl (C=O) groups is 1. The number of anilines is 1. The second-order valence-electron chi connectivity index (χ2n) is 5.35. The van der Waals surface area contributed by atoms with Crippen LogP contribution in [0.5, 0.6) is 0 Å². The first-order valence-electron chi connectivity index (χ1n) is 7.45. The molecule has 0 saturated heterocycles. The van der Waals surface area contributed by atoms with Crippen molar-refractivity contribution >= 4 is 33.3 Å². The van der Waals surface area contributed by atoms with E-state index in [1.54, 1.807) is 6.33 Å². The van der Waals surface area contributed by atoms with E-state index in [9.17, 15) is 4.79 Å². The lowest BCUT2D eigenvalue weighted by molar-refractivity contribution is 0.0777. The number of thiophene rings is 1. The smallest absolute Gasteiger partial charge is 0.264 e. The largest absolute Gasteiger partial charge is 0.367 e. The number of carbonyl (C=O) groups excluding carboxylic acids is 1. The maximum absolute atomic E-state index is 12.6. The van der Waals surface area contributed by atoms with Crippen LogP contribution in [0.1, 0.15) is 41.9 Å². The molecule has 0 aromatic carbocycles. The Morgan fingerprint density at radius 2 is 2.10 bits per heavy atom. The van der Waals surface area contributed by atoms with E-state index >= 15 is 0 Å². The van der Waals surface area contributed by atoms with Crippen molar-refractivity contribution in [3.8, 4) is 0 Å². The molecule has 21 heavy (non-hydrogen) atoms.